The average Bonchev–Trinajstić information content (AvgIpc) is 3.24. The van der Waals surface area contributed by atoms with Gasteiger partial charge in [-0.25, -0.2) is 9.67 Å². The molecule has 0 bridgehead atoms. The topological polar surface area (TPSA) is 68.1 Å². The summed E-state index contributed by atoms with van der Waals surface area (Å²) in [7, 11) is 1.51. The van der Waals surface area contributed by atoms with E-state index in [1.807, 2.05) is 53.9 Å². The van der Waals surface area contributed by atoms with Gasteiger partial charge < -0.3 is 0 Å². The molecule has 0 spiro atoms. The Kier molecular flexibility index (Phi) is 5.74. The highest BCUT2D eigenvalue weighted by molar-refractivity contribution is 7.14. The first-order valence-electron chi connectivity index (χ1n) is 9.13. The third kappa shape index (κ3) is 4.17. The minimum absolute atomic E-state index is 0.169. The van der Waals surface area contributed by atoms with Gasteiger partial charge in [0.15, 0.2) is 5.13 Å². The van der Waals surface area contributed by atoms with Crippen LogP contribution in [0.15, 0.2) is 76.9 Å². The van der Waals surface area contributed by atoms with Crippen LogP contribution in [0, 0.1) is 0 Å². The van der Waals surface area contributed by atoms with Crippen LogP contribution in [-0.4, -0.2) is 20.7 Å². The zero-order valence-electron chi connectivity index (χ0n) is 16.0. The number of thiazole rings is 1. The second-order valence-electron chi connectivity index (χ2n) is 6.55. The zero-order chi connectivity index (χ0) is 21.1. The van der Waals surface area contributed by atoms with Gasteiger partial charge in [0.2, 0.25) is 0 Å². The Labute approximate surface area is 182 Å². The summed E-state index contributed by atoms with van der Waals surface area (Å²) >= 11 is 7.66. The number of anilines is 1. The van der Waals surface area contributed by atoms with E-state index >= 15 is 0 Å². The van der Waals surface area contributed by atoms with Crippen LogP contribution in [0.5, 0.6) is 0 Å². The number of benzene rings is 2. The number of hydrogen-bond donors (Lipinski definition) is 0. The molecule has 0 unspecified atom stereocenters. The molecule has 0 fully saturated rings. The van der Waals surface area contributed by atoms with Crippen molar-refractivity contribution in [3.63, 3.8) is 0 Å². The second-order valence-corrected chi connectivity index (χ2v) is 7.80. The van der Waals surface area contributed by atoms with Crippen LogP contribution in [0.25, 0.3) is 11.3 Å². The molecule has 0 aliphatic heterocycles. The third-order valence-corrected chi connectivity index (χ3v) is 5.67. The largest absolute Gasteiger partial charge is 0.280 e. The number of amides is 1. The highest BCUT2D eigenvalue weighted by Gasteiger charge is 2.23. The summed E-state index contributed by atoms with van der Waals surface area (Å²) in [5.41, 5.74) is 2.33. The normalized spacial score (nSPS) is 10.7. The molecule has 0 saturated carbocycles. The van der Waals surface area contributed by atoms with Crippen molar-refractivity contribution >= 4 is 34.0 Å². The summed E-state index contributed by atoms with van der Waals surface area (Å²) in [6, 6.07) is 19.8. The molecule has 0 N–H and O–H groups in total. The van der Waals surface area contributed by atoms with Gasteiger partial charge in [0.1, 0.15) is 5.69 Å². The number of halogens is 1. The van der Waals surface area contributed by atoms with Crippen LogP contribution < -0.4 is 10.5 Å². The Balaban J connectivity index is 1.74. The fourth-order valence-corrected chi connectivity index (χ4v) is 3.98. The number of aryl methyl sites for hydroxylation is 1. The lowest BCUT2D eigenvalue weighted by Crippen LogP contribution is -2.33. The molecular weight excluding hydrogens is 420 g/mol. The van der Waals surface area contributed by atoms with Gasteiger partial charge in [-0.1, -0.05) is 60.1 Å². The number of rotatable bonds is 5. The Hall–Kier alpha value is -3.29. The molecule has 150 valence electrons. The smallest absolute Gasteiger partial charge is 0.278 e. The van der Waals surface area contributed by atoms with Crippen LogP contribution >= 0.6 is 22.9 Å². The Morgan fingerprint density at radius 1 is 1.07 bits per heavy atom. The molecule has 0 aliphatic rings. The van der Waals surface area contributed by atoms with E-state index in [0.29, 0.717) is 22.4 Å². The Morgan fingerprint density at radius 3 is 2.53 bits per heavy atom. The van der Waals surface area contributed by atoms with Crippen molar-refractivity contribution in [3.8, 4) is 11.3 Å². The maximum atomic E-state index is 13.3. The zero-order valence-corrected chi connectivity index (χ0v) is 17.6. The lowest BCUT2D eigenvalue weighted by molar-refractivity contribution is 0.0978. The van der Waals surface area contributed by atoms with Gasteiger partial charge >= 0.3 is 0 Å². The third-order valence-electron chi connectivity index (χ3n) is 4.48. The number of aromatic nitrogens is 3. The molecule has 4 rings (SSSR count). The molecule has 0 aliphatic carbocycles. The SMILES string of the molecule is Cn1nc(C(=O)N(Cc2ccccc2)c2nc(-c3ccccc3Cl)cs2)ccc1=O. The molecule has 4 aromatic rings. The maximum Gasteiger partial charge on any atom is 0.280 e. The van der Waals surface area contributed by atoms with Crippen molar-refractivity contribution < 1.29 is 4.79 Å². The molecular formula is C22H17ClN4O2S. The van der Waals surface area contributed by atoms with Gasteiger partial charge in [0.05, 0.1) is 12.2 Å². The van der Waals surface area contributed by atoms with Crippen LogP contribution in [-0.2, 0) is 13.6 Å². The Morgan fingerprint density at radius 2 is 1.80 bits per heavy atom. The summed E-state index contributed by atoms with van der Waals surface area (Å²) in [6.07, 6.45) is 0. The van der Waals surface area contributed by atoms with Gasteiger partial charge in [-0.3, -0.25) is 14.5 Å². The molecule has 8 heteroatoms. The summed E-state index contributed by atoms with van der Waals surface area (Å²) in [6.45, 7) is 0.319. The molecule has 0 saturated heterocycles. The van der Waals surface area contributed by atoms with Crippen LogP contribution in [0.3, 0.4) is 0 Å². The van der Waals surface area contributed by atoms with Gasteiger partial charge in [0, 0.05) is 29.1 Å². The van der Waals surface area contributed by atoms with Gasteiger partial charge in [-0.05, 0) is 17.7 Å². The molecule has 0 radical (unpaired) electrons. The second kappa shape index (κ2) is 8.61. The molecule has 0 atom stereocenters. The van der Waals surface area contributed by atoms with E-state index in [2.05, 4.69) is 10.1 Å². The minimum Gasteiger partial charge on any atom is -0.278 e. The average molecular weight is 437 g/mol. The van der Waals surface area contributed by atoms with E-state index in [1.54, 1.807) is 11.0 Å². The van der Waals surface area contributed by atoms with E-state index in [1.165, 1.54) is 30.5 Å². The molecule has 30 heavy (non-hydrogen) atoms. The fraction of sp³-hybridized carbons (Fsp3) is 0.0909. The van der Waals surface area contributed by atoms with Gasteiger partial charge in [-0.2, -0.15) is 5.10 Å². The predicted molar refractivity (Wildman–Crippen MR) is 119 cm³/mol. The molecule has 6 nitrogen and oxygen atoms in total. The first kappa shape index (κ1) is 20.0. The van der Waals surface area contributed by atoms with E-state index in [9.17, 15) is 9.59 Å². The van der Waals surface area contributed by atoms with Crippen molar-refractivity contribution in [2.24, 2.45) is 7.05 Å². The van der Waals surface area contributed by atoms with Crippen molar-refractivity contribution in [2.75, 3.05) is 4.90 Å². The summed E-state index contributed by atoms with van der Waals surface area (Å²) in [5, 5.41) is 7.09. The van der Waals surface area contributed by atoms with Crippen LogP contribution in [0.1, 0.15) is 16.1 Å². The standard InChI is InChI=1S/C22H17ClN4O2S/c1-26-20(28)12-11-18(25-26)21(29)27(13-15-7-3-2-4-8-15)22-24-19(14-30-22)16-9-5-6-10-17(16)23/h2-12,14H,13H2,1H3. The van der Waals surface area contributed by atoms with Crippen LogP contribution in [0.2, 0.25) is 5.02 Å². The van der Waals surface area contributed by atoms with E-state index < -0.39 is 0 Å². The quantitative estimate of drug-likeness (QED) is 0.465. The van der Waals surface area contributed by atoms with Crippen molar-refractivity contribution in [2.45, 2.75) is 6.54 Å². The summed E-state index contributed by atoms with van der Waals surface area (Å²) in [5.74, 6) is -0.338. The predicted octanol–water partition coefficient (Wildman–Crippen LogP) is 4.40. The molecule has 2 aromatic carbocycles. The van der Waals surface area contributed by atoms with Crippen LogP contribution in [0.4, 0.5) is 5.13 Å². The van der Waals surface area contributed by atoms with Crippen molar-refractivity contribution in [1.82, 2.24) is 14.8 Å². The number of carbonyl (C=O) groups is 1. The highest BCUT2D eigenvalue weighted by Crippen LogP contribution is 2.32. The van der Waals surface area contributed by atoms with E-state index in [0.717, 1.165) is 15.8 Å². The molecule has 1 amide bonds. The fourth-order valence-electron chi connectivity index (χ4n) is 2.93. The van der Waals surface area contributed by atoms with E-state index in [4.69, 9.17) is 11.6 Å². The number of carbonyl (C=O) groups excluding carboxylic acids is 1. The lowest BCUT2D eigenvalue weighted by Gasteiger charge is -2.19. The Bertz CT molecular complexity index is 1250. The summed E-state index contributed by atoms with van der Waals surface area (Å²) in [4.78, 5) is 31.2. The number of hydrogen-bond acceptors (Lipinski definition) is 5. The van der Waals surface area contributed by atoms with Gasteiger partial charge in [0.25, 0.3) is 11.5 Å². The highest BCUT2D eigenvalue weighted by atomic mass is 35.5. The lowest BCUT2D eigenvalue weighted by atomic mass is 10.2. The molecule has 2 aromatic heterocycles. The summed E-state index contributed by atoms with van der Waals surface area (Å²) < 4.78 is 1.14. The van der Waals surface area contributed by atoms with Crippen molar-refractivity contribution in [3.05, 3.63) is 98.7 Å². The monoisotopic (exact) mass is 436 g/mol. The maximum absolute atomic E-state index is 13.3. The van der Waals surface area contributed by atoms with E-state index in [-0.39, 0.29) is 17.2 Å². The first-order valence-corrected chi connectivity index (χ1v) is 10.4. The first-order chi connectivity index (χ1) is 14.5. The minimum atomic E-state index is -0.338. The number of nitrogens with zero attached hydrogens (tertiary/aromatic N) is 4. The molecule has 2 heterocycles. The van der Waals surface area contributed by atoms with Gasteiger partial charge in [-0.15, -0.1) is 11.3 Å². The van der Waals surface area contributed by atoms with Crippen molar-refractivity contribution in [1.29, 1.82) is 0 Å².